The van der Waals surface area contributed by atoms with Crippen LogP contribution in [0.15, 0.2) is 24.3 Å². The van der Waals surface area contributed by atoms with E-state index in [4.69, 9.17) is 0 Å². The van der Waals surface area contributed by atoms with E-state index in [2.05, 4.69) is 62.0 Å². The summed E-state index contributed by atoms with van der Waals surface area (Å²) in [6.07, 6.45) is 5.49. The van der Waals surface area contributed by atoms with Gasteiger partial charge in [0.05, 0.1) is 0 Å². The van der Waals surface area contributed by atoms with Gasteiger partial charge in [-0.3, -0.25) is 0 Å². The fourth-order valence-electron chi connectivity index (χ4n) is 3.33. The average Bonchev–Trinajstić information content (AvgIpc) is 2.46. The second-order valence-corrected chi connectivity index (χ2v) is 6.51. The number of anilines is 1. The molecule has 0 aliphatic heterocycles. The summed E-state index contributed by atoms with van der Waals surface area (Å²) in [5.41, 5.74) is 2.73. The molecule has 1 aliphatic rings. The number of benzene rings is 1. The minimum atomic E-state index is 0.806. The highest BCUT2D eigenvalue weighted by molar-refractivity contribution is 5.47. The molecule has 0 radical (unpaired) electrons. The Morgan fingerprint density at radius 3 is 2.10 bits per heavy atom. The number of nitrogens with zero attached hydrogens (tertiary/aromatic N) is 2. The summed E-state index contributed by atoms with van der Waals surface area (Å²) in [4.78, 5) is 4.94. The van der Waals surface area contributed by atoms with Crippen LogP contribution in [-0.2, 0) is 0 Å². The van der Waals surface area contributed by atoms with Gasteiger partial charge in [-0.05, 0) is 71.7 Å². The average molecular weight is 274 g/mol. The Morgan fingerprint density at radius 1 is 1.00 bits per heavy atom. The maximum absolute atomic E-state index is 2.54. The summed E-state index contributed by atoms with van der Waals surface area (Å²) >= 11 is 0. The lowest BCUT2D eigenvalue weighted by Gasteiger charge is -2.35. The van der Waals surface area contributed by atoms with Gasteiger partial charge in [0.2, 0.25) is 0 Å². The molecule has 0 saturated heterocycles. The first-order valence-electron chi connectivity index (χ1n) is 8.08. The van der Waals surface area contributed by atoms with Crippen LogP contribution in [-0.4, -0.2) is 38.1 Å². The minimum Gasteiger partial charge on any atom is -0.372 e. The highest BCUT2D eigenvalue weighted by atomic mass is 15.1. The third kappa shape index (κ3) is 3.99. The molecule has 2 nitrogen and oxygen atoms in total. The molecule has 0 N–H and O–H groups in total. The van der Waals surface area contributed by atoms with Crippen LogP contribution in [0.1, 0.15) is 38.2 Å². The van der Waals surface area contributed by atoms with E-state index in [9.17, 15) is 0 Å². The standard InChI is InChI=1S/C18H30N2/c1-5-20(18-10-6-15(2)7-11-18)14-16-8-12-17(13-9-16)19(3)4/h6-7,10-11,16-17H,5,8-9,12-14H2,1-4H3. The maximum Gasteiger partial charge on any atom is 0.0366 e. The van der Waals surface area contributed by atoms with Gasteiger partial charge in [-0.2, -0.15) is 0 Å². The maximum atomic E-state index is 2.54. The van der Waals surface area contributed by atoms with Crippen molar-refractivity contribution in [3.63, 3.8) is 0 Å². The van der Waals surface area contributed by atoms with Crippen molar-refractivity contribution >= 4 is 5.69 Å². The van der Waals surface area contributed by atoms with Crippen molar-refractivity contribution in [1.29, 1.82) is 0 Å². The Bertz CT molecular complexity index is 388. The largest absolute Gasteiger partial charge is 0.372 e. The van der Waals surface area contributed by atoms with Gasteiger partial charge in [-0.25, -0.2) is 0 Å². The fourth-order valence-corrected chi connectivity index (χ4v) is 3.33. The molecule has 1 fully saturated rings. The van der Waals surface area contributed by atoms with Gasteiger partial charge in [0.25, 0.3) is 0 Å². The quantitative estimate of drug-likeness (QED) is 0.802. The predicted molar refractivity (Wildman–Crippen MR) is 88.5 cm³/mol. The zero-order chi connectivity index (χ0) is 14.5. The Balaban J connectivity index is 1.89. The van der Waals surface area contributed by atoms with E-state index >= 15 is 0 Å². The van der Waals surface area contributed by atoms with E-state index < -0.39 is 0 Å². The lowest BCUT2D eigenvalue weighted by molar-refractivity contribution is 0.195. The highest BCUT2D eigenvalue weighted by Crippen LogP contribution is 2.28. The SMILES string of the molecule is CCN(CC1CCC(N(C)C)CC1)c1ccc(C)cc1. The fraction of sp³-hybridized carbons (Fsp3) is 0.667. The molecule has 0 spiro atoms. The zero-order valence-corrected chi connectivity index (χ0v) is 13.6. The molecule has 1 aromatic carbocycles. The first-order valence-corrected chi connectivity index (χ1v) is 8.08. The van der Waals surface area contributed by atoms with E-state index in [-0.39, 0.29) is 0 Å². The summed E-state index contributed by atoms with van der Waals surface area (Å²) in [6, 6.07) is 9.79. The van der Waals surface area contributed by atoms with Gasteiger partial charge in [0, 0.05) is 24.8 Å². The van der Waals surface area contributed by atoms with E-state index in [1.54, 1.807) is 0 Å². The van der Waals surface area contributed by atoms with Crippen LogP contribution in [0, 0.1) is 12.8 Å². The van der Waals surface area contributed by atoms with Crippen LogP contribution < -0.4 is 4.90 Å². The first kappa shape index (κ1) is 15.4. The molecule has 0 heterocycles. The summed E-state index contributed by atoms with van der Waals surface area (Å²) in [6.45, 7) is 6.75. The number of hydrogen-bond acceptors (Lipinski definition) is 2. The minimum absolute atomic E-state index is 0.806. The van der Waals surface area contributed by atoms with Gasteiger partial charge in [-0.15, -0.1) is 0 Å². The number of hydrogen-bond donors (Lipinski definition) is 0. The monoisotopic (exact) mass is 274 g/mol. The molecular formula is C18H30N2. The van der Waals surface area contributed by atoms with Crippen LogP contribution in [0.5, 0.6) is 0 Å². The molecule has 2 heteroatoms. The number of aryl methyl sites for hydroxylation is 1. The zero-order valence-electron chi connectivity index (χ0n) is 13.6. The first-order chi connectivity index (χ1) is 9.60. The van der Waals surface area contributed by atoms with Crippen molar-refractivity contribution < 1.29 is 0 Å². The van der Waals surface area contributed by atoms with Crippen LogP contribution in [0.2, 0.25) is 0 Å². The molecule has 0 atom stereocenters. The molecule has 0 bridgehead atoms. The molecule has 1 aliphatic carbocycles. The van der Waals surface area contributed by atoms with Gasteiger partial charge >= 0.3 is 0 Å². The Labute approximate surface area is 124 Å². The molecule has 112 valence electrons. The molecule has 1 aromatic rings. The van der Waals surface area contributed by atoms with E-state index in [0.29, 0.717) is 0 Å². The van der Waals surface area contributed by atoms with Gasteiger partial charge in [-0.1, -0.05) is 17.7 Å². The van der Waals surface area contributed by atoms with Crippen molar-refractivity contribution in [2.45, 2.75) is 45.6 Å². The Morgan fingerprint density at radius 2 is 1.60 bits per heavy atom. The molecule has 0 amide bonds. The molecule has 2 rings (SSSR count). The van der Waals surface area contributed by atoms with Gasteiger partial charge < -0.3 is 9.80 Å². The Hall–Kier alpha value is -1.02. The predicted octanol–water partition coefficient (Wildman–Crippen LogP) is 3.94. The number of rotatable bonds is 5. The van der Waals surface area contributed by atoms with Crippen molar-refractivity contribution in [3.05, 3.63) is 29.8 Å². The van der Waals surface area contributed by atoms with Crippen LogP contribution in [0.4, 0.5) is 5.69 Å². The van der Waals surface area contributed by atoms with Crippen LogP contribution >= 0.6 is 0 Å². The summed E-state index contributed by atoms with van der Waals surface area (Å²) in [5, 5.41) is 0. The molecule has 0 unspecified atom stereocenters. The molecule has 1 saturated carbocycles. The summed E-state index contributed by atoms with van der Waals surface area (Å²) in [5.74, 6) is 0.868. The topological polar surface area (TPSA) is 6.48 Å². The molecular weight excluding hydrogens is 244 g/mol. The van der Waals surface area contributed by atoms with Gasteiger partial charge in [0.15, 0.2) is 0 Å². The smallest absolute Gasteiger partial charge is 0.0366 e. The normalized spacial score (nSPS) is 23.1. The van der Waals surface area contributed by atoms with E-state index in [1.165, 1.54) is 43.5 Å². The van der Waals surface area contributed by atoms with Gasteiger partial charge in [0.1, 0.15) is 0 Å². The van der Waals surface area contributed by atoms with Crippen molar-refractivity contribution in [2.75, 3.05) is 32.1 Å². The highest BCUT2D eigenvalue weighted by Gasteiger charge is 2.23. The van der Waals surface area contributed by atoms with Crippen LogP contribution in [0.3, 0.4) is 0 Å². The lowest BCUT2D eigenvalue weighted by atomic mass is 9.85. The van der Waals surface area contributed by atoms with Crippen molar-refractivity contribution in [2.24, 2.45) is 5.92 Å². The summed E-state index contributed by atoms with van der Waals surface area (Å²) < 4.78 is 0. The Kier molecular flexibility index (Phi) is 5.47. The lowest BCUT2D eigenvalue weighted by Crippen LogP contribution is -2.36. The van der Waals surface area contributed by atoms with Crippen molar-refractivity contribution in [1.82, 2.24) is 4.90 Å². The second kappa shape index (κ2) is 7.12. The molecule has 20 heavy (non-hydrogen) atoms. The third-order valence-corrected chi connectivity index (χ3v) is 4.81. The van der Waals surface area contributed by atoms with Crippen molar-refractivity contribution in [3.8, 4) is 0 Å². The van der Waals surface area contributed by atoms with E-state index in [0.717, 1.165) is 18.5 Å². The third-order valence-electron chi connectivity index (χ3n) is 4.81. The van der Waals surface area contributed by atoms with E-state index in [1.807, 2.05) is 0 Å². The summed E-state index contributed by atoms with van der Waals surface area (Å²) in [7, 11) is 4.44. The van der Waals surface area contributed by atoms with Crippen LogP contribution in [0.25, 0.3) is 0 Å². The second-order valence-electron chi connectivity index (χ2n) is 6.51. The molecule has 0 aromatic heterocycles.